The normalized spacial score (nSPS) is 21.6. The molecule has 20 heavy (non-hydrogen) atoms. The molecular weight excluding hydrogens is 254 g/mol. The Bertz CT molecular complexity index is 473. The molecule has 4 heteroatoms. The maximum atomic E-state index is 12.5. The summed E-state index contributed by atoms with van der Waals surface area (Å²) < 4.78 is 10.9. The highest BCUT2D eigenvalue weighted by atomic mass is 16.5. The number of carbonyl (C=O) groups excluding carboxylic acids is 1. The van der Waals surface area contributed by atoms with Crippen LogP contribution in [0.3, 0.4) is 0 Å². The van der Waals surface area contributed by atoms with Crippen LogP contribution in [0.2, 0.25) is 0 Å². The van der Waals surface area contributed by atoms with Gasteiger partial charge in [0.25, 0.3) is 0 Å². The van der Waals surface area contributed by atoms with E-state index < -0.39 is 5.54 Å². The monoisotopic (exact) mass is 277 g/mol. The van der Waals surface area contributed by atoms with Crippen LogP contribution < -0.4 is 5.32 Å². The van der Waals surface area contributed by atoms with E-state index in [0.717, 1.165) is 17.7 Å². The largest absolute Gasteiger partial charge is 0.464 e. The average Bonchev–Trinajstić information content (AvgIpc) is 2.45. The van der Waals surface area contributed by atoms with Crippen LogP contribution in [0.4, 0.5) is 0 Å². The fourth-order valence-corrected chi connectivity index (χ4v) is 2.47. The molecule has 1 aromatic carbocycles. The maximum Gasteiger partial charge on any atom is 0.333 e. The minimum absolute atomic E-state index is 0.257. The third kappa shape index (κ3) is 2.86. The van der Waals surface area contributed by atoms with Crippen molar-refractivity contribution in [3.8, 4) is 0 Å². The number of ether oxygens (including phenoxy) is 2. The fourth-order valence-electron chi connectivity index (χ4n) is 2.47. The van der Waals surface area contributed by atoms with Gasteiger partial charge in [-0.25, -0.2) is 4.79 Å². The molecule has 0 aliphatic carbocycles. The molecule has 1 atom stereocenters. The van der Waals surface area contributed by atoms with Crippen molar-refractivity contribution in [1.29, 1.82) is 0 Å². The van der Waals surface area contributed by atoms with Gasteiger partial charge in [0.1, 0.15) is 0 Å². The predicted molar refractivity (Wildman–Crippen MR) is 77.2 cm³/mol. The van der Waals surface area contributed by atoms with Crippen molar-refractivity contribution in [2.45, 2.75) is 32.9 Å². The van der Waals surface area contributed by atoms with Crippen molar-refractivity contribution < 1.29 is 14.3 Å². The predicted octanol–water partition coefficient (Wildman–Crippen LogP) is 2.22. The molecule has 1 aromatic rings. The Morgan fingerprint density at radius 3 is 2.90 bits per heavy atom. The number of hydrogen-bond acceptors (Lipinski definition) is 4. The Morgan fingerprint density at radius 1 is 1.45 bits per heavy atom. The molecule has 0 fully saturated rings. The second-order valence-electron chi connectivity index (χ2n) is 5.55. The summed E-state index contributed by atoms with van der Waals surface area (Å²) in [5, 5.41) is 3.38. The first-order chi connectivity index (χ1) is 9.60. The van der Waals surface area contributed by atoms with E-state index in [1.165, 1.54) is 0 Å². The van der Waals surface area contributed by atoms with Crippen molar-refractivity contribution in [2.75, 3.05) is 19.8 Å². The average molecular weight is 277 g/mol. The lowest BCUT2D eigenvalue weighted by molar-refractivity contribution is -0.156. The van der Waals surface area contributed by atoms with Crippen LogP contribution in [0.15, 0.2) is 24.3 Å². The van der Waals surface area contributed by atoms with E-state index in [4.69, 9.17) is 9.47 Å². The Kier molecular flexibility index (Phi) is 4.78. The number of hydrogen-bond donors (Lipinski definition) is 1. The summed E-state index contributed by atoms with van der Waals surface area (Å²) in [4.78, 5) is 12.5. The number of nitrogens with one attached hydrogen (secondary N) is 1. The molecule has 0 bridgehead atoms. The lowest BCUT2D eigenvalue weighted by Crippen LogP contribution is -2.56. The van der Waals surface area contributed by atoms with Crippen LogP contribution in [0.5, 0.6) is 0 Å². The quantitative estimate of drug-likeness (QED) is 0.838. The molecule has 0 radical (unpaired) electrons. The summed E-state index contributed by atoms with van der Waals surface area (Å²) in [5.74, 6) is 0.184. The number of esters is 1. The summed E-state index contributed by atoms with van der Waals surface area (Å²) in [7, 11) is 0. The second kappa shape index (κ2) is 6.37. The Labute approximate surface area is 120 Å². The molecule has 2 rings (SSSR count). The van der Waals surface area contributed by atoms with Gasteiger partial charge in [0, 0.05) is 0 Å². The zero-order valence-electron chi connectivity index (χ0n) is 12.4. The maximum absolute atomic E-state index is 12.5. The molecule has 1 aliphatic heterocycles. The van der Waals surface area contributed by atoms with Gasteiger partial charge in [0.05, 0.1) is 19.8 Å². The van der Waals surface area contributed by atoms with E-state index in [2.05, 4.69) is 19.2 Å². The summed E-state index contributed by atoms with van der Waals surface area (Å²) in [6.45, 7) is 8.01. The third-order valence-electron chi connectivity index (χ3n) is 3.49. The summed E-state index contributed by atoms with van der Waals surface area (Å²) >= 11 is 0. The lowest BCUT2D eigenvalue weighted by Gasteiger charge is -2.37. The minimum atomic E-state index is -0.880. The van der Waals surface area contributed by atoms with Gasteiger partial charge < -0.3 is 9.47 Å². The first-order valence-corrected chi connectivity index (χ1v) is 7.18. The van der Waals surface area contributed by atoms with Crippen LogP contribution in [0.1, 0.15) is 31.9 Å². The highest BCUT2D eigenvalue weighted by Gasteiger charge is 2.45. The second-order valence-corrected chi connectivity index (χ2v) is 5.55. The van der Waals surface area contributed by atoms with E-state index in [-0.39, 0.29) is 5.97 Å². The molecule has 1 heterocycles. The molecule has 0 amide bonds. The van der Waals surface area contributed by atoms with E-state index >= 15 is 0 Å². The molecule has 4 nitrogen and oxygen atoms in total. The van der Waals surface area contributed by atoms with Crippen molar-refractivity contribution in [3.63, 3.8) is 0 Å². The molecule has 0 saturated heterocycles. The summed E-state index contributed by atoms with van der Waals surface area (Å²) in [5.41, 5.74) is 1.14. The van der Waals surface area contributed by atoms with Gasteiger partial charge in [-0.05, 0) is 30.5 Å². The SMILES string of the molecule is CCOC(=O)C1(NCC(C)C)COCc2ccccc21. The van der Waals surface area contributed by atoms with Gasteiger partial charge in [-0.2, -0.15) is 0 Å². The van der Waals surface area contributed by atoms with E-state index in [1.807, 2.05) is 31.2 Å². The molecule has 0 saturated carbocycles. The topological polar surface area (TPSA) is 47.6 Å². The Morgan fingerprint density at radius 2 is 2.20 bits per heavy atom. The Hall–Kier alpha value is -1.39. The van der Waals surface area contributed by atoms with Crippen molar-refractivity contribution in [3.05, 3.63) is 35.4 Å². The number of carbonyl (C=O) groups is 1. The van der Waals surface area contributed by atoms with Gasteiger partial charge in [0.2, 0.25) is 0 Å². The molecule has 110 valence electrons. The van der Waals surface area contributed by atoms with Crippen LogP contribution >= 0.6 is 0 Å². The molecule has 0 aromatic heterocycles. The first-order valence-electron chi connectivity index (χ1n) is 7.18. The Balaban J connectivity index is 2.39. The number of rotatable bonds is 5. The van der Waals surface area contributed by atoms with Gasteiger partial charge in [0.15, 0.2) is 5.54 Å². The van der Waals surface area contributed by atoms with E-state index in [0.29, 0.717) is 25.7 Å². The molecule has 1 aliphatic rings. The van der Waals surface area contributed by atoms with Crippen LogP contribution in [0, 0.1) is 5.92 Å². The summed E-state index contributed by atoms with van der Waals surface area (Å²) in [6, 6.07) is 7.91. The first kappa shape index (κ1) is 15.0. The van der Waals surface area contributed by atoms with Gasteiger partial charge >= 0.3 is 5.97 Å². The molecule has 1 unspecified atom stereocenters. The highest BCUT2D eigenvalue weighted by Crippen LogP contribution is 2.32. The van der Waals surface area contributed by atoms with Gasteiger partial charge in [-0.1, -0.05) is 38.1 Å². The van der Waals surface area contributed by atoms with E-state index in [9.17, 15) is 4.79 Å². The van der Waals surface area contributed by atoms with Crippen LogP contribution in [0.25, 0.3) is 0 Å². The van der Waals surface area contributed by atoms with Crippen molar-refractivity contribution in [2.24, 2.45) is 5.92 Å². The summed E-state index contributed by atoms with van der Waals surface area (Å²) in [6.07, 6.45) is 0. The number of benzene rings is 1. The fraction of sp³-hybridized carbons (Fsp3) is 0.562. The van der Waals surface area contributed by atoms with Crippen molar-refractivity contribution in [1.82, 2.24) is 5.32 Å². The minimum Gasteiger partial charge on any atom is -0.464 e. The molecule has 1 N–H and O–H groups in total. The van der Waals surface area contributed by atoms with Crippen LogP contribution in [-0.4, -0.2) is 25.7 Å². The zero-order valence-corrected chi connectivity index (χ0v) is 12.4. The zero-order chi connectivity index (χ0) is 14.6. The molecule has 0 spiro atoms. The highest BCUT2D eigenvalue weighted by molar-refractivity contribution is 5.83. The smallest absolute Gasteiger partial charge is 0.333 e. The van der Waals surface area contributed by atoms with Gasteiger partial charge in [-0.3, -0.25) is 5.32 Å². The standard InChI is InChI=1S/C16H23NO3/c1-4-20-15(18)16(17-9-12(2)3)11-19-10-13-7-5-6-8-14(13)16/h5-8,12,17H,4,9-11H2,1-3H3. The molecular formula is C16H23NO3. The van der Waals surface area contributed by atoms with Gasteiger partial charge in [-0.15, -0.1) is 0 Å². The van der Waals surface area contributed by atoms with E-state index in [1.54, 1.807) is 0 Å². The third-order valence-corrected chi connectivity index (χ3v) is 3.49. The number of fused-ring (bicyclic) bond motifs is 1. The van der Waals surface area contributed by atoms with Crippen LogP contribution in [-0.2, 0) is 26.4 Å². The lowest BCUT2D eigenvalue weighted by atomic mass is 9.85. The van der Waals surface area contributed by atoms with Crippen molar-refractivity contribution >= 4 is 5.97 Å².